The van der Waals surface area contributed by atoms with Gasteiger partial charge in [0.15, 0.2) is 5.76 Å². The normalized spacial score (nSPS) is 17.7. The molecule has 0 bridgehead atoms. The van der Waals surface area contributed by atoms with Crippen LogP contribution in [0.4, 0.5) is 4.79 Å². The van der Waals surface area contributed by atoms with Crippen LogP contribution in [-0.4, -0.2) is 42.5 Å². The summed E-state index contributed by atoms with van der Waals surface area (Å²) in [7, 11) is 0. The number of ether oxygens (including phenoxy) is 1. The van der Waals surface area contributed by atoms with E-state index in [0.29, 0.717) is 26.0 Å². The number of nitrogens with one attached hydrogen (secondary N) is 2. The number of hydrogen-bond acceptors (Lipinski definition) is 5. The van der Waals surface area contributed by atoms with Gasteiger partial charge in [-0.15, -0.1) is 0 Å². The van der Waals surface area contributed by atoms with Crippen molar-refractivity contribution in [2.24, 2.45) is 5.92 Å². The van der Waals surface area contributed by atoms with Crippen molar-refractivity contribution < 1.29 is 23.5 Å². The molecule has 22 heavy (non-hydrogen) atoms. The largest absolute Gasteiger partial charge is 0.459 e. The maximum Gasteiger partial charge on any atom is 0.409 e. The highest BCUT2D eigenvalue weighted by Gasteiger charge is 2.29. The minimum atomic E-state index is -0.531. The van der Waals surface area contributed by atoms with Crippen LogP contribution in [0, 0.1) is 5.92 Å². The predicted molar refractivity (Wildman–Crippen MR) is 75.6 cm³/mol. The second-order valence-electron chi connectivity index (χ2n) is 4.90. The monoisotopic (exact) mass is 309 g/mol. The highest BCUT2D eigenvalue weighted by Crippen LogP contribution is 2.17. The lowest BCUT2D eigenvalue weighted by Gasteiger charge is -2.31. The minimum Gasteiger partial charge on any atom is -0.459 e. The van der Waals surface area contributed by atoms with E-state index in [1.54, 1.807) is 13.0 Å². The number of likely N-dealkylation sites (tertiary alicyclic amines) is 1. The summed E-state index contributed by atoms with van der Waals surface area (Å²) in [6.45, 7) is 2.88. The Morgan fingerprint density at radius 2 is 2.23 bits per heavy atom. The molecule has 2 rings (SSSR count). The average molecular weight is 309 g/mol. The van der Waals surface area contributed by atoms with Gasteiger partial charge in [0.2, 0.25) is 5.91 Å². The van der Waals surface area contributed by atoms with Crippen molar-refractivity contribution in [3.63, 3.8) is 0 Å². The van der Waals surface area contributed by atoms with E-state index in [1.165, 1.54) is 17.2 Å². The van der Waals surface area contributed by atoms with Crippen LogP contribution in [0.15, 0.2) is 22.8 Å². The molecule has 1 aliphatic rings. The molecule has 1 aliphatic heterocycles. The Kier molecular flexibility index (Phi) is 5.40. The molecule has 1 unspecified atom stereocenters. The van der Waals surface area contributed by atoms with Crippen molar-refractivity contribution in [1.82, 2.24) is 15.8 Å². The lowest BCUT2D eigenvalue weighted by Crippen LogP contribution is -2.50. The third kappa shape index (κ3) is 4.00. The predicted octanol–water partition coefficient (Wildman–Crippen LogP) is 0.909. The van der Waals surface area contributed by atoms with Crippen molar-refractivity contribution in [2.75, 3.05) is 19.7 Å². The molecule has 1 saturated heterocycles. The van der Waals surface area contributed by atoms with E-state index in [9.17, 15) is 14.4 Å². The van der Waals surface area contributed by atoms with Crippen molar-refractivity contribution in [2.45, 2.75) is 19.8 Å². The zero-order chi connectivity index (χ0) is 15.9. The second kappa shape index (κ2) is 7.48. The van der Waals surface area contributed by atoms with Gasteiger partial charge in [0.1, 0.15) is 0 Å². The fourth-order valence-corrected chi connectivity index (χ4v) is 2.26. The Hall–Kier alpha value is -2.51. The van der Waals surface area contributed by atoms with Crippen LogP contribution in [-0.2, 0) is 9.53 Å². The maximum atomic E-state index is 12.1. The van der Waals surface area contributed by atoms with Gasteiger partial charge in [0.05, 0.1) is 18.8 Å². The minimum absolute atomic E-state index is 0.108. The number of rotatable bonds is 3. The van der Waals surface area contributed by atoms with Gasteiger partial charge in [0.25, 0.3) is 0 Å². The number of carbonyl (C=O) groups excluding carboxylic acids is 3. The Bertz CT molecular complexity index is 529. The van der Waals surface area contributed by atoms with Gasteiger partial charge in [0, 0.05) is 13.1 Å². The average Bonchev–Trinajstić information content (AvgIpc) is 3.07. The fraction of sp³-hybridized carbons (Fsp3) is 0.500. The molecular formula is C14H19N3O5. The highest BCUT2D eigenvalue weighted by atomic mass is 16.6. The number of furan rings is 1. The first-order chi connectivity index (χ1) is 10.6. The van der Waals surface area contributed by atoms with Crippen LogP contribution in [0.1, 0.15) is 30.3 Å². The van der Waals surface area contributed by atoms with Crippen molar-refractivity contribution >= 4 is 17.9 Å². The molecule has 1 atom stereocenters. The molecule has 0 spiro atoms. The number of nitrogens with zero attached hydrogens (tertiary/aromatic N) is 1. The number of amides is 3. The lowest BCUT2D eigenvalue weighted by molar-refractivity contribution is -0.127. The first-order valence-electron chi connectivity index (χ1n) is 7.17. The van der Waals surface area contributed by atoms with E-state index in [0.717, 1.165) is 0 Å². The Morgan fingerprint density at radius 3 is 2.91 bits per heavy atom. The summed E-state index contributed by atoms with van der Waals surface area (Å²) in [5, 5.41) is 0. The van der Waals surface area contributed by atoms with Gasteiger partial charge in [-0.3, -0.25) is 20.4 Å². The standard InChI is InChI=1S/C14H19N3O5/c1-2-21-14(20)17-7-3-5-10(9-17)12(18)15-16-13(19)11-6-4-8-22-11/h4,6,8,10H,2-3,5,7,9H2,1H3,(H,15,18)(H,16,19). The third-order valence-electron chi connectivity index (χ3n) is 3.36. The van der Waals surface area contributed by atoms with Crippen LogP contribution in [0.25, 0.3) is 0 Å². The van der Waals surface area contributed by atoms with Crippen LogP contribution in [0.2, 0.25) is 0 Å². The summed E-state index contributed by atoms with van der Waals surface area (Å²) >= 11 is 0. The van der Waals surface area contributed by atoms with Crippen LogP contribution in [0.5, 0.6) is 0 Å². The van der Waals surface area contributed by atoms with E-state index in [-0.39, 0.29) is 24.1 Å². The molecule has 8 nitrogen and oxygen atoms in total. The number of piperidine rings is 1. The van der Waals surface area contributed by atoms with E-state index in [4.69, 9.17) is 9.15 Å². The molecule has 2 N–H and O–H groups in total. The summed E-state index contributed by atoms with van der Waals surface area (Å²) in [5.74, 6) is -1.14. The van der Waals surface area contributed by atoms with E-state index in [1.807, 2.05) is 0 Å². The fourth-order valence-electron chi connectivity index (χ4n) is 2.26. The molecule has 2 heterocycles. The maximum absolute atomic E-state index is 12.1. The topological polar surface area (TPSA) is 101 Å². The van der Waals surface area contributed by atoms with Gasteiger partial charge in [-0.05, 0) is 31.9 Å². The summed E-state index contributed by atoms with van der Waals surface area (Å²) in [6.07, 6.45) is 2.32. The summed E-state index contributed by atoms with van der Waals surface area (Å²) in [6, 6.07) is 3.07. The van der Waals surface area contributed by atoms with Crippen LogP contribution >= 0.6 is 0 Å². The second-order valence-corrected chi connectivity index (χ2v) is 4.90. The molecule has 0 aromatic carbocycles. The molecule has 1 fully saturated rings. The first kappa shape index (κ1) is 15.9. The highest BCUT2D eigenvalue weighted by molar-refractivity contribution is 5.93. The van der Waals surface area contributed by atoms with E-state index in [2.05, 4.69) is 10.9 Å². The summed E-state index contributed by atoms with van der Waals surface area (Å²) in [4.78, 5) is 36.9. The third-order valence-corrected chi connectivity index (χ3v) is 3.36. The van der Waals surface area contributed by atoms with Gasteiger partial charge >= 0.3 is 12.0 Å². The number of hydrazine groups is 1. The Morgan fingerprint density at radius 1 is 1.41 bits per heavy atom. The van der Waals surface area contributed by atoms with Gasteiger partial charge < -0.3 is 14.1 Å². The van der Waals surface area contributed by atoms with Crippen molar-refractivity contribution in [3.8, 4) is 0 Å². The molecule has 0 aliphatic carbocycles. The van der Waals surface area contributed by atoms with Crippen LogP contribution in [0.3, 0.4) is 0 Å². The van der Waals surface area contributed by atoms with Crippen LogP contribution < -0.4 is 10.9 Å². The molecule has 3 amide bonds. The molecular weight excluding hydrogens is 290 g/mol. The van der Waals surface area contributed by atoms with E-state index < -0.39 is 12.0 Å². The zero-order valence-electron chi connectivity index (χ0n) is 12.3. The molecule has 0 saturated carbocycles. The Balaban J connectivity index is 1.81. The van der Waals surface area contributed by atoms with Crippen molar-refractivity contribution in [3.05, 3.63) is 24.2 Å². The molecule has 1 aromatic heterocycles. The smallest absolute Gasteiger partial charge is 0.409 e. The lowest BCUT2D eigenvalue weighted by atomic mass is 9.98. The molecule has 8 heteroatoms. The molecule has 1 aromatic rings. The number of carbonyl (C=O) groups is 3. The summed E-state index contributed by atoms with van der Waals surface area (Å²) < 4.78 is 9.85. The van der Waals surface area contributed by atoms with Crippen molar-refractivity contribution in [1.29, 1.82) is 0 Å². The summed E-state index contributed by atoms with van der Waals surface area (Å²) in [5.41, 5.74) is 4.64. The first-order valence-corrected chi connectivity index (χ1v) is 7.17. The number of hydrogen-bond donors (Lipinski definition) is 2. The quantitative estimate of drug-likeness (QED) is 0.808. The SMILES string of the molecule is CCOC(=O)N1CCCC(C(=O)NNC(=O)c2ccco2)C1. The van der Waals surface area contributed by atoms with Gasteiger partial charge in [-0.1, -0.05) is 0 Å². The van der Waals surface area contributed by atoms with Gasteiger partial charge in [-0.25, -0.2) is 4.79 Å². The Labute approximate surface area is 127 Å². The van der Waals surface area contributed by atoms with E-state index >= 15 is 0 Å². The zero-order valence-corrected chi connectivity index (χ0v) is 12.3. The molecule has 120 valence electrons. The van der Waals surface area contributed by atoms with Gasteiger partial charge in [-0.2, -0.15) is 0 Å². The molecule has 0 radical (unpaired) electrons.